The lowest BCUT2D eigenvalue weighted by Crippen LogP contribution is -2.10. The van der Waals surface area contributed by atoms with Crippen LogP contribution in [0.2, 0.25) is 0 Å². The second-order valence-corrected chi connectivity index (χ2v) is 4.96. The summed E-state index contributed by atoms with van der Waals surface area (Å²) in [5.41, 5.74) is 9.04. The smallest absolute Gasteiger partial charge is 0.242 e. The average Bonchev–Trinajstić information content (AvgIpc) is 2.48. The summed E-state index contributed by atoms with van der Waals surface area (Å²) in [7, 11) is 0. The molecular formula is C16H22N4O. The molecule has 3 N–H and O–H groups in total. The molecule has 0 aliphatic rings. The van der Waals surface area contributed by atoms with Gasteiger partial charge in [0.25, 0.3) is 0 Å². The highest BCUT2D eigenvalue weighted by atomic mass is 16.5. The Balaban J connectivity index is 1.94. The first kappa shape index (κ1) is 15.1. The number of benzene rings is 1. The summed E-state index contributed by atoms with van der Waals surface area (Å²) in [4.78, 5) is 8.22. The van der Waals surface area contributed by atoms with Crippen LogP contribution in [0.4, 0.5) is 11.5 Å². The van der Waals surface area contributed by atoms with E-state index in [-0.39, 0.29) is 0 Å². The van der Waals surface area contributed by atoms with Crippen molar-refractivity contribution in [1.82, 2.24) is 9.97 Å². The van der Waals surface area contributed by atoms with Gasteiger partial charge in [-0.3, -0.25) is 0 Å². The molecule has 21 heavy (non-hydrogen) atoms. The summed E-state index contributed by atoms with van der Waals surface area (Å²) in [5.74, 6) is 1.08. The SMILES string of the molecule is CCCOc1ncnc(NCCc2cccc(C)c2)c1N. The molecule has 2 rings (SSSR count). The van der Waals surface area contributed by atoms with Gasteiger partial charge in [0.05, 0.1) is 6.61 Å². The summed E-state index contributed by atoms with van der Waals surface area (Å²) < 4.78 is 5.49. The van der Waals surface area contributed by atoms with E-state index in [0.29, 0.717) is 24.0 Å². The Morgan fingerprint density at radius 2 is 2.14 bits per heavy atom. The average molecular weight is 286 g/mol. The first-order chi connectivity index (χ1) is 10.2. The van der Waals surface area contributed by atoms with Gasteiger partial charge in [-0.15, -0.1) is 0 Å². The van der Waals surface area contributed by atoms with E-state index in [1.54, 1.807) is 0 Å². The summed E-state index contributed by atoms with van der Waals surface area (Å²) >= 11 is 0. The second kappa shape index (κ2) is 7.47. The highest BCUT2D eigenvalue weighted by molar-refractivity contribution is 5.66. The molecule has 0 spiro atoms. The van der Waals surface area contributed by atoms with Crippen LogP contribution in [-0.2, 0) is 6.42 Å². The van der Waals surface area contributed by atoms with Crippen molar-refractivity contribution in [2.75, 3.05) is 24.2 Å². The number of hydrogen-bond donors (Lipinski definition) is 2. The van der Waals surface area contributed by atoms with Crippen molar-refractivity contribution in [3.8, 4) is 5.88 Å². The molecule has 0 unspecified atom stereocenters. The zero-order valence-electron chi connectivity index (χ0n) is 12.6. The van der Waals surface area contributed by atoms with E-state index in [0.717, 1.165) is 19.4 Å². The Labute approximate surface area is 125 Å². The van der Waals surface area contributed by atoms with E-state index in [2.05, 4.69) is 46.5 Å². The summed E-state index contributed by atoms with van der Waals surface area (Å²) in [5, 5.41) is 3.24. The number of nitrogens with one attached hydrogen (secondary N) is 1. The predicted octanol–water partition coefficient (Wildman–Crippen LogP) is 2.81. The fourth-order valence-corrected chi connectivity index (χ4v) is 2.03. The Bertz CT molecular complexity index is 586. The Hall–Kier alpha value is -2.30. The van der Waals surface area contributed by atoms with Crippen LogP contribution in [0.5, 0.6) is 5.88 Å². The fraction of sp³-hybridized carbons (Fsp3) is 0.375. The minimum Gasteiger partial charge on any atom is -0.476 e. The van der Waals surface area contributed by atoms with Crippen LogP contribution in [0.25, 0.3) is 0 Å². The van der Waals surface area contributed by atoms with Crippen LogP contribution in [0.1, 0.15) is 24.5 Å². The molecule has 5 heteroatoms. The largest absolute Gasteiger partial charge is 0.476 e. The zero-order chi connectivity index (χ0) is 15.1. The molecule has 0 aliphatic heterocycles. The van der Waals surface area contributed by atoms with E-state index in [1.807, 2.05) is 6.92 Å². The van der Waals surface area contributed by atoms with Gasteiger partial charge in [0.15, 0.2) is 5.82 Å². The lowest BCUT2D eigenvalue weighted by molar-refractivity contribution is 0.306. The van der Waals surface area contributed by atoms with E-state index in [4.69, 9.17) is 10.5 Å². The number of nitrogens with zero attached hydrogens (tertiary/aromatic N) is 2. The van der Waals surface area contributed by atoms with Crippen LogP contribution >= 0.6 is 0 Å². The van der Waals surface area contributed by atoms with Crippen LogP contribution in [-0.4, -0.2) is 23.1 Å². The molecule has 1 aromatic carbocycles. The molecule has 5 nitrogen and oxygen atoms in total. The van der Waals surface area contributed by atoms with Crippen molar-refractivity contribution in [3.05, 3.63) is 41.7 Å². The molecule has 112 valence electrons. The van der Waals surface area contributed by atoms with E-state index in [1.165, 1.54) is 17.5 Å². The Morgan fingerprint density at radius 1 is 1.29 bits per heavy atom. The quantitative estimate of drug-likeness (QED) is 0.818. The van der Waals surface area contributed by atoms with E-state index >= 15 is 0 Å². The van der Waals surface area contributed by atoms with Gasteiger partial charge in [0.1, 0.15) is 12.0 Å². The molecule has 0 radical (unpaired) electrons. The first-order valence-electron chi connectivity index (χ1n) is 7.23. The summed E-state index contributed by atoms with van der Waals surface area (Å²) in [6, 6.07) is 8.46. The van der Waals surface area contributed by atoms with Crippen LogP contribution < -0.4 is 15.8 Å². The van der Waals surface area contributed by atoms with Gasteiger partial charge < -0.3 is 15.8 Å². The van der Waals surface area contributed by atoms with Gasteiger partial charge in [-0.25, -0.2) is 4.98 Å². The lowest BCUT2D eigenvalue weighted by atomic mass is 10.1. The third kappa shape index (κ3) is 4.34. The highest BCUT2D eigenvalue weighted by Gasteiger charge is 2.08. The van der Waals surface area contributed by atoms with Crippen molar-refractivity contribution >= 4 is 11.5 Å². The minimum atomic E-state index is 0.449. The lowest BCUT2D eigenvalue weighted by Gasteiger charge is -2.11. The van der Waals surface area contributed by atoms with Crippen molar-refractivity contribution in [1.29, 1.82) is 0 Å². The maximum atomic E-state index is 6.02. The number of anilines is 2. The van der Waals surface area contributed by atoms with Crippen LogP contribution in [0, 0.1) is 6.92 Å². The molecule has 0 aliphatic carbocycles. The second-order valence-electron chi connectivity index (χ2n) is 4.96. The van der Waals surface area contributed by atoms with Gasteiger partial charge in [-0.05, 0) is 25.3 Å². The van der Waals surface area contributed by atoms with Gasteiger partial charge in [-0.2, -0.15) is 4.98 Å². The molecule has 0 saturated carbocycles. The number of nitrogens with two attached hydrogens (primary N) is 1. The van der Waals surface area contributed by atoms with E-state index in [9.17, 15) is 0 Å². The first-order valence-corrected chi connectivity index (χ1v) is 7.23. The molecule has 0 bridgehead atoms. The van der Waals surface area contributed by atoms with Crippen LogP contribution in [0.15, 0.2) is 30.6 Å². The minimum absolute atomic E-state index is 0.449. The number of hydrogen-bond acceptors (Lipinski definition) is 5. The normalized spacial score (nSPS) is 10.4. The maximum Gasteiger partial charge on any atom is 0.242 e. The van der Waals surface area contributed by atoms with Crippen LogP contribution in [0.3, 0.4) is 0 Å². The number of aromatic nitrogens is 2. The fourth-order valence-electron chi connectivity index (χ4n) is 2.03. The topological polar surface area (TPSA) is 73.1 Å². The molecular weight excluding hydrogens is 264 g/mol. The summed E-state index contributed by atoms with van der Waals surface area (Å²) in [6.45, 7) is 5.50. The van der Waals surface area contributed by atoms with E-state index < -0.39 is 0 Å². The monoisotopic (exact) mass is 286 g/mol. The molecule has 0 saturated heterocycles. The van der Waals surface area contributed by atoms with Gasteiger partial charge in [-0.1, -0.05) is 36.8 Å². The summed E-state index contributed by atoms with van der Waals surface area (Å²) in [6.07, 6.45) is 3.30. The predicted molar refractivity (Wildman–Crippen MR) is 85.6 cm³/mol. The molecule has 0 fully saturated rings. The standard InChI is InChI=1S/C16H22N4O/c1-3-9-21-16-14(17)15(19-11-20-16)18-8-7-13-6-4-5-12(2)10-13/h4-6,10-11H,3,7-9,17H2,1-2H3,(H,18,19,20). The third-order valence-corrected chi connectivity index (χ3v) is 3.08. The van der Waals surface area contributed by atoms with Crippen molar-refractivity contribution in [3.63, 3.8) is 0 Å². The third-order valence-electron chi connectivity index (χ3n) is 3.08. The highest BCUT2D eigenvalue weighted by Crippen LogP contribution is 2.24. The zero-order valence-corrected chi connectivity index (χ0v) is 12.6. The molecule has 2 aromatic rings. The van der Waals surface area contributed by atoms with Crippen molar-refractivity contribution in [2.45, 2.75) is 26.7 Å². The maximum absolute atomic E-state index is 6.02. The Kier molecular flexibility index (Phi) is 5.37. The molecule has 0 atom stereocenters. The number of aryl methyl sites for hydroxylation is 1. The molecule has 1 aromatic heterocycles. The van der Waals surface area contributed by atoms with Gasteiger partial charge >= 0.3 is 0 Å². The molecule has 1 heterocycles. The number of rotatable bonds is 7. The van der Waals surface area contributed by atoms with Gasteiger partial charge in [0, 0.05) is 6.54 Å². The van der Waals surface area contributed by atoms with Crippen molar-refractivity contribution < 1.29 is 4.74 Å². The number of ether oxygens (including phenoxy) is 1. The Morgan fingerprint density at radius 3 is 2.90 bits per heavy atom. The van der Waals surface area contributed by atoms with Crippen molar-refractivity contribution in [2.24, 2.45) is 0 Å². The number of nitrogen functional groups attached to an aromatic ring is 1. The van der Waals surface area contributed by atoms with Gasteiger partial charge in [0.2, 0.25) is 5.88 Å². The molecule has 0 amide bonds.